The Bertz CT molecular complexity index is 229. The fraction of sp³-hybridized carbons (Fsp3) is 0.750. The lowest BCUT2D eigenvalue weighted by Crippen LogP contribution is -2.41. The Hall–Kier alpha value is -1.10. The van der Waals surface area contributed by atoms with Crippen molar-refractivity contribution in [2.45, 2.75) is 31.8 Å². The van der Waals surface area contributed by atoms with E-state index in [1.165, 1.54) is 0 Å². The van der Waals surface area contributed by atoms with Crippen molar-refractivity contribution < 1.29 is 9.59 Å². The highest BCUT2D eigenvalue weighted by Crippen LogP contribution is 2.14. The summed E-state index contributed by atoms with van der Waals surface area (Å²) in [4.78, 5) is 23.6. The van der Waals surface area contributed by atoms with Crippen LogP contribution in [0.2, 0.25) is 0 Å². The molecular formula is C8H15N3O2. The van der Waals surface area contributed by atoms with E-state index in [9.17, 15) is 9.59 Å². The molecule has 2 atom stereocenters. The summed E-state index contributed by atoms with van der Waals surface area (Å²) in [5, 5.41) is 0. The molecule has 2 unspecified atom stereocenters. The number of hydrogen-bond acceptors (Lipinski definition) is 3. The largest absolute Gasteiger partial charge is 0.370 e. The third kappa shape index (κ3) is 2.18. The number of carbonyl (C=O) groups is 2. The van der Waals surface area contributed by atoms with E-state index in [1.54, 1.807) is 11.8 Å². The third-order valence-electron chi connectivity index (χ3n) is 2.31. The standard InChI is InChI=1S/C8H15N3O2/c1-5(4-7(10)12)11-3-2-6(9)8(11)13/h5-6H,2-4,9H2,1H3,(H2,10,12). The molecule has 5 nitrogen and oxygen atoms in total. The molecule has 1 fully saturated rings. The van der Waals surface area contributed by atoms with Gasteiger partial charge in [-0.1, -0.05) is 0 Å². The molecule has 0 aromatic rings. The Kier molecular flexibility index (Phi) is 2.87. The van der Waals surface area contributed by atoms with Crippen LogP contribution in [0, 0.1) is 0 Å². The second-order valence-corrected chi connectivity index (χ2v) is 3.45. The summed E-state index contributed by atoms with van der Waals surface area (Å²) in [5.74, 6) is -0.463. The Balaban J connectivity index is 2.53. The van der Waals surface area contributed by atoms with Crippen LogP contribution >= 0.6 is 0 Å². The number of likely N-dealkylation sites (tertiary alicyclic amines) is 1. The van der Waals surface area contributed by atoms with E-state index in [-0.39, 0.29) is 24.3 Å². The SMILES string of the molecule is CC(CC(N)=O)N1CCC(N)C1=O. The van der Waals surface area contributed by atoms with E-state index in [1.807, 2.05) is 0 Å². The normalized spacial score (nSPS) is 24.9. The number of nitrogens with zero attached hydrogens (tertiary/aromatic N) is 1. The molecule has 74 valence electrons. The summed E-state index contributed by atoms with van der Waals surface area (Å²) >= 11 is 0. The van der Waals surface area contributed by atoms with Gasteiger partial charge in [-0.25, -0.2) is 0 Å². The number of hydrogen-bond donors (Lipinski definition) is 2. The monoisotopic (exact) mass is 185 g/mol. The van der Waals surface area contributed by atoms with Crippen LogP contribution in [0.15, 0.2) is 0 Å². The molecule has 13 heavy (non-hydrogen) atoms. The molecule has 0 spiro atoms. The summed E-state index contributed by atoms with van der Waals surface area (Å²) < 4.78 is 0. The van der Waals surface area contributed by atoms with Crippen molar-refractivity contribution >= 4 is 11.8 Å². The zero-order valence-electron chi connectivity index (χ0n) is 7.69. The minimum Gasteiger partial charge on any atom is -0.370 e. The van der Waals surface area contributed by atoms with E-state index in [0.717, 1.165) is 0 Å². The van der Waals surface area contributed by atoms with Crippen LogP contribution in [0.5, 0.6) is 0 Å². The second kappa shape index (κ2) is 3.74. The summed E-state index contributed by atoms with van der Waals surface area (Å²) in [6.45, 7) is 2.44. The van der Waals surface area contributed by atoms with Crippen LogP contribution in [-0.2, 0) is 9.59 Å². The third-order valence-corrected chi connectivity index (χ3v) is 2.31. The van der Waals surface area contributed by atoms with Gasteiger partial charge in [-0.3, -0.25) is 9.59 Å². The van der Waals surface area contributed by atoms with Crippen molar-refractivity contribution in [3.8, 4) is 0 Å². The van der Waals surface area contributed by atoms with Crippen LogP contribution in [0.1, 0.15) is 19.8 Å². The highest BCUT2D eigenvalue weighted by Gasteiger charge is 2.31. The molecule has 2 amide bonds. The lowest BCUT2D eigenvalue weighted by atomic mass is 10.2. The fourth-order valence-corrected chi connectivity index (χ4v) is 1.56. The zero-order chi connectivity index (χ0) is 10.0. The van der Waals surface area contributed by atoms with Gasteiger partial charge in [0.1, 0.15) is 0 Å². The average molecular weight is 185 g/mol. The molecule has 1 rings (SSSR count). The van der Waals surface area contributed by atoms with Gasteiger partial charge < -0.3 is 16.4 Å². The Morgan fingerprint density at radius 1 is 1.77 bits per heavy atom. The number of rotatable bonds is 3. The highest BCUT2D eigenvalue weighted by molar-refractivity contribution is 5.84. The van der Waals surface area contributed by atoms with Crippen molar-refractivity contribution in [1.29, 1.82) is 0 Å². The minimum absolute atomic E-state index is 0.0752. The molecule has 1 aliphatic heterocycles. The molecule has 0 aliphatic carbocycles. The van der Waals surface area contributed by atoms with Crippen LogP contribution in [0.3, 0.4) is 0 Å². The van der Waals surface area contributed by atoms with E-state index in [0.29, 0.717) is 13.0 Å². The Morgan fingerprint density at radius 3 is 2.77 bits per heavy atom. The predicted octanol–water partition coefficient (Wildman–Crippen LogP) is -1.19. The Labute approximate surface area is 77.1 Å². The minimum atomic E-state index is -0.393. The van der Waals surface area contributed by atoms with Gasteiger partial charge in [0.05, 0.1) is 6.04 Å². The number of nitrogens with two attached hydrogens (primary N) is 2. The van der Waals surface area contributed by atoms with Crippen LogP contribution in [0.4, 0.5) is 0 Å². The molecule has 4 N–H and O–H groups in total. The molecule has 5 heteroatoms. The van der Waals surface area contributed by atoms with Gasteiger partial charge in [-0.05, 0) is 13.3 Å². The highest BCUT2D eigenvalue weighted by atomic mass is 16.2. The summed E-state index contributed by atoms with van der Waals surface area (Å²) in [7, 11) is 0. The molecule has 0 saturated carbocycles. The molecule has 1 heterocycles. The maximum atomic E-state index is 11.4. The maximum Gasteiger partial charge on any atom is 0.239 e. The van der Waals surface area contributed by atoms with Gasteiger partial charge in [0.15, 0.2) is 0 Å². The van der Waals surface area contributed by atoms with Crippen molar-refractivity contribution in [3.63, 3.8) is 0 Å². The van der Waals surface area contributed by atoms with Gasteiger partial charge in [0, 0.05) is 19.0 Å². The molecule has 0 bridgehead atoms. The fourth-order valence-electron chi connectivity index (χ4n) is 1.56. The van der Waals surface area contributed by atoms with Crippen molar-refractivity contribution in [1.82, 2.24) is 4.90 Å². The summed E-state index contributed by atoms with van der Waals surface area (Å²) in [5.41, 5.74) is 10.6. The van der Waals surface area contributed by atoms with Crippen molar-refractivity contribution in [2.75, 3.05) is 6.54 Å². The summed E-state index contributed by atoms with van der Waals surface area (Å²) in [6, 6.07) is -0.520. The molecule has 1 saturated heterocycles. The molecule has 0 aromatic heterocycles. The first-order valence-corrected chi connectivity index (χ1v) is 4.36. The lowest BCUT2D eigenvalue weighted by molar-refractivity contribution is -0.131. The number of amides is 2. The van der Waals surface area contributed by atoms with E-state index < -0.39 is 6.04 Å². The van der Waals surface area contributed by atoms with Crippen LogP contribution in [0.25, 0.3) is 0 Å². The molecule has 1 aliphatic rings. The second-order valence-electron chi connectivity index (χ2n) is 3.45. The first kappa shape index (κ1) is 9.98. The van der Waals surface area contributed by atoms with Gasteiger partial charge in [0.25, 0.3) is 0 Å². The van der Waals surface area contributed by atoms with Crippen LogP contribution < -0.4 is 11.5 Å². The maximum absolute atomic E-state index is 11.4. The van der Waals surface area contributed by atoms with Gasteiger partial charge in [0.2, 0.25) is 11.8 Å². The van der Waals surface area contributed by atoms with Gasteiger partial charge >= 0.3 is 0 Å². The van der Waals surface area contributed by atoms with Crippen molar-refractivity contribution in [3.05, 3.63) is 0 Å². The first-order valence-electron chi connectivity index (χ1n) is 4.36. The van der Waals surface area contributed by atoms with E-state index in [2.05, 4.69) is 0 Å². The number of carbonyl (C=O) groups excluding carboxylic acids is 2. The van der Waals surface area contributed by atoms with Crippen molar-refractivity contribution in [2.24, 2.45) is 11.5 Å². The molecule has 0 aromatic carbocycles. The average Bonchev–Trinajstić information content (AvgIpc) is 2.31. The number of primary amides is 1. The summed E-state index contributed by atoms with van der Waals surface area (Å²) in [6.07, 6.45) is 0.875. The lowest BCUT2D eigenvalue weighted by Gasteiger charge is -2.23. The smallest absolute Gasteiger partial charge is 0.239 e. The molecule has 0 radical (unpaired) electrons. The Morgan fingerprint density at radius 2 is 2.38 bits per heavy atom. The van der Waals surface area contributed by atoms with Crippen LogP contribution in [-0.4, -0.2) is 35.3 Å². The predicted molar refractivity (Wildman–Crippen MR) is 47.6 cm³/mol. The molecular weight excluding hydrogens is 170 g/mol. The first-order chi connectivity index (χ1) is 6.02. The van der Waals surface area contributed by atoms with Gasteiger partial charge in [-0.15, -0.1) is 0 Å². The zero-order valence-corrected chi connectivity index (χ0v) is 7.69. The topological polar surface area (TPSA) is 89.4 Å². The quantitative estimate of drug-likeness (QED) is 0.579. The van der Waals surface area contributed by atoms with E-state index >= 15 is 0 Å². The van der Waals surface area contributed by atoms with E-state index in [4.69, 9.17) is 11.5 Å². The van der Waals surface area contributed by atoms with Gasteiger partial charge in [-0.2, -0.15) is 0 Å².